The molecule has 2 aromatic rings. The van der Waals surface area contributed by atoms with Gasteiger partial charge in [-0.15, -0.1) is 0 Å². The molecule has 1 aliphatic carbocycles. The fourth-order valence-corrected chi connectivity index (χ4v) is 2.76. The highest BCUT2D eigenvalue weighted by molar-refractivity contribution is 5.84. The molecule has 0 atom stereocenters. The van der Waals surface area contributed by atoms with E-state index in [0.717, 1.165) is 23.1 Å². The summed E-state index contributed by atoms with van der Waals surface area (Å²) in [4.78, 5) is 23.3. The zero-order valence-electron chi connectivity index (χ0n) is 13.5. The monoisotopic (exact) mass is 308 g/mol. The van der Waals surface area contributed by atoms with Gasteiger partial charge < -0.3 is 4.74 Å². The maximum Gasteiger partial charge on any atom is 0.313 e. The average molecular weight is 308 g/mol. The second-order valence-corrected chi connectivity index (χ2v) is 6.30. The van der Waals surface area contributed by atoms with E-state index in [1.54, 1.807) is 6.07 Å². The largest absolute Gasteiger partial charge is 0.426 e. The molecule has 2 aromatic carbocycles. The zero-order chi connectivity index (χ0) is 16.4. The standard InChI is InChI=1S/C20H20O3/c1-13(2)20(22)23-19-5-3-4-14(12-19)15-6-7-17-11-18(21)9-8-16(17)10-15/h3-7,10,12-13H,8-9,11H2,1-2H3. The molecule has 0 bridgehead atoms. The first kappa shape index (κ1) is 15.5. The van der Waals surface area contributed by atoms with Crippen LogP contribution in [0.15, 0.2) is 42.5 Å². The number of benzene rings is 2. The van der Waals surface area contributed by atoms with Gasteiger partial charge in [0.2, 0.25) is 0 Å². The number of hydrogen-bond acceptors (Lipinski definition) is 3. The molecule has 0 saturated carbocycles. The zero-order valence-corrected chi connectivity index (χ0v) is 13.5. The molecule has 0 radical (unpaired) electrons. The molecule has 0 aromatic heterocycles. The predicted octanol–water partition coefficient (Wildman–Crippen LogP) is 3.97. The van der Waals surface area contributed by atoms with Gasteiger partial charge in [-0.25, -0.2) is 0 Å². The molecule has 0 heterocycles. The van der Waals surface area contributed by atoms with Crippen LogP contribution in [0, 0.1) is 5.92 Å². The topological polar surface area (TPSA) is 43.4 Å². The van der Waals surface area contributed by atoms with Crippen LogP contribution in [0.1, 0.15) is 31.4 Å². The van der Waals surface area contributed by atoms with Crippen molar-refractivity contribution in [2.24, 2.45) is 5.92 Å². The van der Waals surface area contributed by atoms with Gasteiger partial charge in [-0.2, -0.15) is 0 Å². The van der Waals surface area contributed by atoms with Gasteiger partial charge in [-0.05, 0) is 40.8 Å². The summed E-state index contributed by atoms with van der Waals surface area (Å²) in [7, 11) is 0. The Labute approximate surface area is 136 Å². The third-order valence-corrected chi connectivity index (χ3v) is 4.12. The predicted molar refractivity (Wildman–Crippen MR) is 89.4 cm³/mol. The summed E-state index contributed by atoms with van der Waals surface area (Å²) in [5.74, 6) is 0.494. The highest BCUT2D eigenvalue weighted by Crippen LogP contribution is 2.28. The summed E-state index contributed by atoms with van der Waals surface area (Å²) < 4.78 is 5.38. The molecule has 0 saturated heterocycles. The van der Waals surface area contributed by atoms with E-state index in [9.17, 15) is 9.59 Å². The highest BCUT2D eigenvalue weighted by Gasteiger charge is 2.16. The van der Waals surface area contributed by atoms with Crippen LogP contribution in [0.3, 0.4) is 0 Å². The van der Waals surface area contributed by atoms with E-state index >= 15 is 0 Å². The Balaban J connectivity index is 1.87. The Hall–Kier alpha value is -2.42. The summed E-state index contributed by atoms with van der Waals surface area (Å²) in [5.41, 5.74) is 4.47. The number of carbonyl (C=O) groups excluding carboxylic acids is 2. The van der Waals surface area contributed by atoms with Crippen molar-refractivity contribution in [1.82, 2.24) is 0 Å². The summed E-state index contributed by atoms with van der Waals surface area (Å²) in [6.45, 7) is 3.63. The van der Waals surface area contributed by atoms with Crippen LogP contribution in [-0.4, -0.2) is 11.8 Å². The molecule has 118 valence electrons. The first-order valence-electron chi connectivity index (χ1n) is 7.98. The number of carbonyl (C=O) groups is 2. The second kappa shape index (κ2) is 6.37. The molecule has 0 N–H and O–H groups in total. The number of ketones is 1. The van der Waals surface area contributed by atoms with E-state index in [-0.39, 0.29) is 11.9 Å². The van der Waals surface area contributed by atoms with E-state index in [2.05, 4.69) is 6.07 Å². The lowest BCUT2D eigenvalue weighted by molar-refractivity contribution is -0.137. The Morgan fingerprint density at radius 1 is 1.00 bits per heavy atom. The Kier molecular flexibility index (Phi) is 4.28. The van der Waals surface area contributed by atoms with Crippen LogP contribution in [0.25, 0.3) is 11.1 Å². The molecule has 0 aliphatic heterocycles. The Morgan fingerprint density at radius 2 is 1.78 bits per heavy atom. The highest BCUT2D eigenvalue weighted by atomic mass is 16.5. The molecule has 0 unspecified atom stereocenters. The molecular weight excluding hydrogens is 288 g/mol. The van der Waals surface area contributed by atoms with Crippen molar-refractivity contribution in [3.63, 3.8) is 0 Å². The number of hydrogen-bond donors (Lipinski definition) is 0. The smallest absolute Gasteiger partial charge is 0.313 e. The van der Waals surface area contributed by atoms with Crippen LogP contribution in [0.5, 0.6) is 5.75 Å². The quantitative estimate of drug-likeness (QED) is 0.636. The number of fused-ring (bicyclic) bond motifs is 1. The van der Waals surface area contributed by atoms with Crippen LogP contribution in [0.2, 0.25) is 0 Å². The van der Waals surface area contributed by atoms with Crippen LogP contribution in [0.4, 0.5) is 0 Å². The number of rotatable bonds is 3. The van der Waals surface area contributed by atoms with E-state index in [1.807, 2.05) is 44.2 Å². The fraction of sp³-hybridized carbons (Fsp3) is 0.300. The van der Waals surface area contributed by atoms with Gasteiger partial charge in [0, 0.05) is 12.8 Å². The number of Topliss-reactive ketones (excluding diaryl/α,β-unsaturated/α-hetero) is 1. The van der Waals surface area contributed by atoms with Crippen molar-refractivity contribution in [2.75, 3.05) is 0 Å². The lowest BCUT2D eigenvalue weighted by Gasteiger charge is -2.16. The molecule has 0 spiro atoms. The van der Waals surface area contributed by atoms with Crippen LogP contribution in [-0.2, 0) is 22.4 Å². The van der Waals surface area contributed by atoms with Crippen molar-refractivity contribution in [3.8, 4) is 16.9 Å². The first-order chi connectivity index (χ1) is 11.0. The van der Waals surface area contributed by atoms with Crippen molar-refractivity contribution < 1.29 is 14.3 Å². The third kappa shape index (κ3) is 3.50. The van der Waals surface area contributed by atoms with Crippen molar-refractivity contribution >= 4 is 11.8 Å². The summed E-state index contributed by atoms with van der Waals surface area (Å²) in [5, 5.41) is 0. The van der Waals surface area contributed by atoms with Crippen LogP contribution < -0.4 is 4.74 Å². The minimum atomic E-state index is -0.230. The Morgan fingerprint density at radius 3 is 2.57 bits per heavy atom. The first-order valence-corrected chi connectivity index (χ1v) is 7.98. The van der Waals surface area contributed by atoms with Gasteiger partial charge in [0.15, 0.2) is 0 Å². The lowest BCUT2D eigenvalue weighted by atomic mass is 9.88. The summed E-state index contributed by atoms with van der Waals surface area (Å²) in [6.07, 6.45) is 1.98. The summed E-state index contributed by atoms with van der Waals surface area (Å²) >= 11 is 0. The van der Waals surface area contributed by atoms with Gasteiger partial charge in [0.05, 0.1) is 5.92 Å². The number of esters is 1. The Bertz CT molecular complexity index is 759. The minimum absolute atomic E-state index is 0.153. The van der Waals surface area contributed by atoms with Gasteiger partial charge in [0.25, 0.3) is 0 Å². The minimum Gasteiger partial charge on any atom is -0.426 e. The normalized spacial score (nSPS) is 13.8. The molecule has 0 amide bonds. The van der Waals surface area contributed by atoms with Crippen molar-refractivity contribution in [1.29, 1.82) is 0 Å². The molecule has 3 heteroatoms. The van der Waals surface area contributed by atoms with E-state index in [0.29, 0.717) is 24.4 Å². The van der Waals surface area contributed by atoms with Crippen molar-refractivity contribution in [2.45, 2.75) is 33.1 Å². The van der Waals surface area contributed by atoms with E-state index in [4.69, 9.17) is 4.74 Å². The average Bonchev–Trinajstić information content (AvgIpc) is 2.54. The van der Waals surface area contributed by atoms with E-state index < -0.39 is 0 Å². The number of aryl methyl sites for hydroxylation is 1. The number of ether oxygens (including phenoxy) is 1. The maximum absolute atomic E-state index is 11.7. The molecular formula is C20H20O3. The van der Waals surface area contributed by atoms with Gasteiger partial charge >= 0.3 is 5.97 Å². The summed E-state index contributed by atoms with van der Waals surface area (Å²) in [6, 6.07) is 13.8. The second-order valence-electron chi connectivity index (χ2n) is 6.30. The SMILES string of the molecule is CC(C)C(=O)Oc1cccc(-c2ccc3c(c2)CCC(=O)C3)c1. The van der Waals surface area contributed by atoms with Crippen molar-refractivity contribution in [3.05, 3.63) is 53.6 Å². The van der Waals surface area contributed by atoms with Crippen LogP contribution >= 0.6 is 0 Å². The van der Waals surface area contributed by atoms with Gasteiger partial charge in [0.1, 0.15) is 11.5 Å². The van der Waals surface area contributed by atoms with Gasteiger partial charge in [-0.3, -0.25) is 9.59 Å². The molecule has 3 nitrogen and oxygen atoms in total. The lowest BCUT2D eigenvalue weighted by Crippen LogP contribution is -2.14. The van der Waals surface area contributed by atoms with Gasteiger partial charge in [-0.1, -0.05) is 44.2 Å². The van der Waals surface area contributed by atoms with E-state index in [1.165, 1.54) is 5.56 Å². The molecule has 23 heavy (non-hydrogen) atoms. The maximum atomic E-state index is 11.7. The molecule has 1 aliphatic rings. The fourth-order valence-electron chi connectivity index (χ4n) is 2.76. The molecule has 3 rings (SSSR count). The third-order valence-electron chi connectivity index (χ3n) is 4.12. The molecule has 0 fully saturated rings.